The molecule has 2 amide bonds. The van der Waals surface area contributed by atoms with Crippen LogP contribution in [0.1, 0.15) is 52.0 Å². The smallest absolute Gasteiger partial charge is 0.465 e. The zero-order valence-electron chi connectivity index (χ0n) is 22.8. The van der Waals surface area contributed by atoms with E-state index in [1.165, 1.54) is 14.1 Å². The fraction of sp³-hybridized carbons (Fsp3) is 0.692. The number of nitrogens with one attached hydrogen (secondary N) is 2. The van der Waals surface area contributed by atoms with Crippen molar-refractivity contribution in [3.63, 3.8) is 0 Å². The Balaban J connectivity index is 1.51. The van der Waals surface area contributed by atoms with Gasteiger partial charge in [-0.2, -0.15) is 0 Å². The van der Waals surface area contributed by atoms with E-state index >= 15 is 0 Å². The van der Waals surface area contributed by atoms with Gasteiger partial charge >= 0.3 is 13.2 Å². The van der Waals surface area contributed by atoms with Crippen LogP contribution < -0.4 is 10.6 Å². The first kappa shape index (κ1) is 28.9. The van der Waals surface area contributed by atoms with Gasteiger partial charge in [0.15, 0.2) is 0 Å². The van der Waals surface area contributed by atoms with E-state index in [1.54, 1.807) is 0 Å². The Hall–Kier alpha value is -2.15. The van der Waals surface area contributed by atoms with Crippen LogP contribution >= 0.6 is 0 Å². The lowest BCUT2D eigenvalue weighted by Gasteiger charge is -2.64. The summed E-state index contributed by atoms with van der Waals surface area (Å²) < 4.78 is 39.0. The zero-order valence-corrected chi connectivity index (χ0v) is 23.7. The van der Waals surface area contributed by atoms with Crippen LogP contribution in [0.2, 0.25) is 0 Å². The standard InChI is InChI=1S/C26H40BN3O7S/c1-25(2)18-14-20(25)26(3)21(15-18)36-27(37-26)22(13-9-12-17-10-7-6-8-11-17)29-23(31)19(28-24(32)33)16-38(34,35)30(4)5/h6-8,10-11,18-22,28H,9,12-16H2,1-5H3,(H,29,31)(H,32,33)/t18-,19?,20-,21+,22?,26-/m0/s1. The first-order valence-electron chi connectivity index (χ1n) is 13.3. The highest BCUT2D eigenvalue weighted by Crippen LogP contribution is 2.65. The molecule has 6 atom stereocenters. The van der Waals surface area contributed by atoms with Crippen LogP contribution in [0.15, 0.2) is 30.3 Å². The molecular formula is C26H40BN3O7S. The molecule has 38 heavy (non-hydrogen) atoms. The molecule has 3 saturated carbocycles. The summed E-state index contributed by atoms with van der Waals surface area (Å²) in [7, 11) is -1.89. The Bertz CT molecular complexity index is 1130. The van der Waals surface area contributed by atoms with Gasteiger partial charge in [-0.15, -0.1) is 0 Å². The molecule has 5 rings (SSSR count). The van der Waals surface area contributed by atoms with E-state index in [-0.39, 0.29) is 11.5 Å². The maximum Gasteiger partial charge on any atom is 0.481 e. The van der Waals surface area contributed by atoms with Crippen LogP contribution in [0, 0.1) is 17.3 Å². The second-order valence-electron chi connectivity index (χ2n) is 11.9. The molecular weight excluding hydrogens is 509 g/mol. The van der Waals surface area contributed by atoms with E-state index in [9.17, 15) is 23.1 Å². The Kier molecular flexibility index (Phi) is 8.19. The molecule has 12 heteroatoms. The van der Waals surface area contributed by atoms with Gasteiger partial charge in [0.1, 0.15) is 6.04 Å². The molecule has 1 aliphatic heterocycles. The molecule has 0 radical (unpaired) electrons. The largest absolute Gasteiger partial charge is 0.481 e. The molecule has 10 nitrogen and oxygen atoms in total. The summed E-state index contributed by atoms with van der Waals surface area (Å²) in [6.07, 6.45) is 2.45. The third-order valence-electron chi connectivity index (χ3n) is 9.00. The van der Waals surface area contributed by atoms with Gasteiger partial charge < -0.3 is 25.0 Å². The quantitative estimate of drug-likeness (QED) is 0.361. The van der Waals surface area contributed by atoms with Crippen molar-refractivity contribution in [3.8, 4) is 0 Å². The number of hydrogen-bond donors (Lipinski definition) is 3. The van der Waals surface area contributed by atoms with Crippen LogP contribution in [0.5, 0.6) is 0 Å². The lowest BCUT2D eigenvalue weighted by atomic mass is 9.43. The van der Waals surface area contributed by atoms with Crippen LogP contribution in [0.4, 0.5) is 4.79 Å². The van der Waals surface area contributed by atoms with E-state index in [2.05, 4.69) is 31.4 Å². The predicted octanol–water partition coefficient (Wildman–Crippen LogP) is 2.29. The summed E-state index contributed by atoms with van der Waals surface area (Å²) in [6, 6.07) is 8.51. The average Bonchev–Trinajstić information content (AvgIpc) is 3.20. The van der Waals surface area contributed by atoms with Crippen LogP contribution in [0.3, 0.4) is 0 Å². The van der Waals surface area contributed by atoms with Crippen molar-refractivity contribution in [1.82, 2.24) is 14.9 Å². The fourth-order valence-electron chi connectivity index (χ4n) is 6.49. The van der Waals surface area contributed by atoms with Crippen LogP contribution in [-0.2, 0) is 30.5 Å². The monoisotopic (exact) mass is 549 g/mol. The maximum absolute atomic E-state index is 13.3. The topological polar surface area (TPSA) is 134 Å². The highest BCUT2D eigenvalue weighted by atomic mass is 32.2. The molecule has 2 unspecified atom stereocenters. The van der Waals surface area contributed by atoms with E-state index in [1.807, 2.05) is 30.3 Å². The number of sulfonamides is 1. The maximum atomic E-state index is 13.3. The predicted molar refractivity (Wildman–Crippen MR) is 144 cm³/mol. The average molecular weight is 549 g/mol. The summed E-state index contributed by atoms with van der Waals surface area (Å²) in [6.45, 7) is 6.65. The third kappa shape index (κ3) is 5.73. The molecule has 3 aliphatic carbocycles. The van der Waals surface area contributed by atoms with Crippen molar-refractivity contribution in [2.45, 2.75) is 76.6 Å². The van der Waals surface area contributed by atoms with Gasteiger partial charge in [-0.3, -0.25) is 4.79 Å². The number of hydrogen-bond acceptors (Lipinski definition) is 6. The summed E-state index contributed by atoms with van der Waals surface area (Å²) in [5, 5.41) is 14.2. The molecule has 1 aromatic carbocycles. The van der Waals surface area contributed by atoms with Gasteiger partial charge in [-0.05, 0) is 61.8 Å². The second-order valence-corrected chi connectivity index (χ2v) is 14.1. The van der Waals surface area contributed by atoms with Gasteiger partial charge in [0.2, 0.25) is 15.9 Å². The van der Waals surface area contributed by atoms with Crippen LogP contribution in [0.25, 0.3) is 0 Å². The summed E-state index contributed by atoms with van der Waals surface area (Å²) in [5.41, 5.74) is 0.849. The number of carbonyl (C=O) groups is 2. The van der Waals surface area contributed by atoms with Gasteiger partial charge in [-0.25, -0.2) is 17.5 Å². The lowest BCUT2D eigenvalue weighted by Crippen LogP contribution is -2.65. The Morgan fingerprint density at radius 3 is 2.45 bits per heavy atom. The molecule has 1 saturated heterocycles. The molecule has 4 fully saturated rings. The molecule has 210 valence electrons. The van der Waals surface area contributed by atoms with Crippen molar-refractivity contribution in [1.29, 1.82) is 0 Å². The Morgan fingerprint density at radius 1 is 1.16 bits per heavy atom. The van der Waals surface area contributed by atoms with Gasteiger partial charge in [-0.1, -0.05) is 44.2 Å². The number of benzene rings is 1. The number of aryl methyl sites for hydroxylation is 1. The SMILES string of the molecule is CN(C)S(=O)(=O)CC(NC(=O)O)C(=O)NC(CCCc1ccccc1)B1O[C@@H]2C[C@@H]3C[C@@H](C3(C)C)[C@]2(C)O1. The highest BCUT2D eigenvalue weighted by Gasteiger charge is 2.68. The number of amides is 2. The third-order valence-corrected chi connectivity index (χ3v) is 10.9. The fourth-order valence-corrected chi connectivity index (χ4v) is 7.45. The van der Waals surface area contributed by atoms with E-state index in [0.29, 0.717) is 18.3 Å². The van der Waals surface area contributed by atoms with E-state index in [4.69, 9.17) is 9.31 Å². The van der Waals surface area contributed by atoms with Gasteiger partial charge in [0.25, 0.3) is 0 Å². The van der Waals surface area contributed by atoms with Crippen molar-refractivity contribution in [3.05, 3.63) is 35.9 Å². The number of rotatable bonds is 11. The summed E-state index contributed by atoms with van der Waals surface area (Å²) in [4.78, 5) is 24.7. The number of carboxylic acid groups (broad SMARTS) is 1. The highest BCUT2D eigenvalue weighted by molar-refractivity contribution is 7.89. The van der Waals surface area contributed by atoms with Crippen molar-refractivity contribution in [2.75, 3.05) is 19.8 Å². The minimum absolute atomic E-state index is 0.0835. The molecule has 1 aromatic rings. The molecule has 0 spiro atoms. The second kappa shape index (κ2) is 10.8. The van der Waals surface area contributed by atoms with Crippen molar-refractivity contribution < 1.29 is 32.4 Å². The van der Waals surface area contributed by atoms with Crippen LogP contribution in [-0.4, -0.2) is 80.5 Å². The number of nitrogens with zero attached hydrogens (tertiary/aromatic N) is 1. The normalized spacial score (nSPS) is 29.2. The van der Waals surface area contributed by atoms with Gasteiger partial charge in [0.05, 0.1) is 23.4 Å². The molecule has 2 bridgehead atoms. The summed E-state index contributed by atoms with van der Waals surface area (Å²) in [5.74, 6) is -1.08. The minimum atomic E-state index is -3.85. The molecule has 0 aromatic heterocycles. The zero-order chi connectivity index (χ0) is 27.9. The van der Waals surface area contributed by atoms with Gasteiger partial charge in [0, 0.05) is 14.1 Å². The minimum Gasteiger partial charge on any atom is -0.465 e. The van der Waals surface area contributed by atoms with Crippen molar-refractivity contribution >= 4 is 29.1 Å². The summed E-state index contributed by atoms with van der Waals surface area (Å²) >= 11 is 0. The van der Waals surface area contributed by atoms with E-state index < -0.39 is 52.5 Å². The molecule has 1 heterocycles. The molecule has 4 aliphatic rings. The Labute approximate surface area is 226 Å². The molecule has 3 N–H and O–H groups in total. The Morgan fingerprint density at radius 2 is 1.84 bits per heavy atom. The first-order valence-corrected chi connectivity index (χ1v) is 14.9. The van der Waals surface area contributed by atoms with E-state index in [0.717, 1.165) is 35.6 Å². The number of carbonyl (C=O) groups excluding carboxylic acids is 1. The van der Waals surface area contributed by atoms with Crippen molar-refractivity contribution in [2.24, 2.45) is 17.3 Å². The first-order chi connectivity index (χ1) is 17.7. The lowest BCUT2D eigenvalue weighted by molar-refractivity contribution is -0.199.